The molecule has 1 aliphatic rings. The lowest BCUT2D eigenvalue weighted by Crippen LogP contribution is -2.44. The highest BCUT2D eigenvalue weighted by Crippen LogP contribution is 2.41. The Bertz CT molecular complexity index is 1070. The third kappa shape index (κ3) is 2.53. The van der Waals surface area contributed by atoms with Crippen molar-refractivity contribution in [1.29, 1.82) is 5.26 Å². The minimum absolute atomic E-state index is 0.168. The van der Waals surface area contributed by atoms with Gasteiger partial charge in [-0.1, -0.05) is 0 Å². The van der Waals surface area contributed by atoms with Crippen LogP contribution in [-0.2, 0) is 12.1 Å². The van der Waals surface area contributed by atoms with Gasteiger partial charge in [0.15, 0.2) is 0 Å². The molecule has 0 N–H and O–H groups in total. The van der Waals surface area contributed by atoms with Crippen LogP contribution in [0.25, 0.3) is 5.69 Å². The van der Waals surface area contributed by atoms with E-state index in [9.17, 15) is 14.9 Å². The highest BCUT2D eigenvalue weighted by Gasteiger charge is 2.46. The lowest BCUT2D eigenvalue weighted by atomic mass is 10.3. The number of rotatable bonds is 4. The van der Waals surface area contributed by atoms with Crippen molar-refractivity contribution >= 4 is 0 Å². The quantitative estimate of drug-likeness (QED) is 0.623. The third-order valence-corrected chi connectivity index (χ3v) is 4.24. The second-order valence-corrected chi connectivity index (χ2v) is 5.88. The predicted molar refractivity (Wildman–Crippen MR) is 86.0 cm³/mol. The molecule has 0 bridgehead atoms. The van der Waals surface area contributed by atoms with Crippen molar-refractivity contribution in [2.45, 2.75) is 24.9 Å². The maximum Gasteiger partial charge on any atom is 0.317 e. The van der Waals surface area contributed by atoms with E-state index in [1.165, 1.54) is 26.3 Å². The van der Waals surface area contributed by atoms with Crippen molar-refractivity contribution in [2.24, 2.45) is 0 Å². The zero-order valence-corrected chi connectivity index (χ0v) is 13.1. The van der Waals surface area contributed by atoms with E-state index in [-0.39, 0.29) is 6.54 Å². The fraction of sp³-hybridized carbons (Fsp3) is 0.250. The molecule has 0 atom stereocenters. The maximum absolute atomic E-state index is 12.3. The average Bonchev–Trinajstić information content (AvgIpc) is 3.23. The Hall–Kier alpha value is -3.54. The smallest absolute Gasteiger partial charge is 0.303 e. The molecule has 0 radical (unpaired) electrons. The van der Waals surface area contributed by atoms with Gasteiger partial charge in [0.2, 0.25) is 0 Å². The molecule has 1 saturated carbocycles. The summed E-state index contributed by atoms with van der Waals surface area (Å²) >= 11 is 0. The third-order valence-electron chi connectivity index (χ3n) is 4.24. The van der Waals surface area contributed by atoms with Crippen molar-refractivity contribution in [1.82, 2.24) is 29.1 Å². The summed E-state index contributed by atoms with van der Waals surface area (Å²) in [5.74, 6) is 0. The molecule has 3 aromatic heterocycles. The molecular formula is C16H13N7O2. The maximum atomic E-state index is 12.3. The van der Waals surface area contributed by atoms with Crippen LogP contribution in [0.4, 0.5) is 0 Å². The first kappa shape index (κ1) is 15.0. The number of aromatic nitrogens is 6. The topological polar surface area (TPSA) is 111 Å². The molecule has 0 spiro atoms. The van der Waals surface area contributed by atoms with E-state index in [4.69, 9.17) is 0 Å². The van der Waals surface area contributed by atoms with Gasteiger partial charge in [-0.15, -0.1) is 0 Å². The Morgan fingerprint density at radius 2 is 1.88 bits per heavy atom. The van der Waals surface area contributed by atoms with Crippen LogP contribution in [-0.4, -0.2) is 29.1 Å². The summed E-state index contributed by atoms with van der Waals surface area (Å²) < 4.78 is 2.53. The summed E-state index contributed by atoms with van der Waals surface area (Å²) in [5, 5.41) is 17.2. The molecule has 0 saturated heterocycles. The van der Waals surface area contributed by atoms with E-state index in [0.29, 0.717) is 24.2 Å². The number of nitrogens with zero attached hydrogens (tertiary/aromatic N) is 7. The van der Waals surface area contributed by atoms with Crippen molar-refractivity contribution in [3.05, 3.63) is 69.5 Å². The molecule has 9 nitrogen and oxygen atoms in total. The van der Waals surface area contributed by atoms with Crippen LogP contribution >= 0.6 is 0 Å². The number of nitriles is 1. The van der Waals surface area contributed by atoms with Crippen LogP contribution in [0.5, 0.6) is 0 Å². The van der Waals surface area contributed by atoms with Crippen molar-refractivity contribution < 1.29 is 0 Å². The van der Waals surface area contributed by atoms with Gasteiger partial charge in [0.05, 0.1) is 36.9 Å². The first-order chi connectivity index (χ1) is 12.1. The standard InChI is InChI=1S/C16H13N7O2/c17-11-16(3-4-16)22-8-7-21(14(24)15(22)25)10-12-1-2-13(9-18-12)23-19-5-6-20-23/h1-2,5-9H,3-4,10H2. The summed E-state index contributed by atoms with van der Waals surface area (Å²) in [6.45, 7) is 0.168. The second kappa shape index (κ2) is 5.52. The van der Waals surface area contributed by atoms with Gasteiger partial charge in [-0.2, -0.15) is 20.3 Å². The van der Waals surface area contributed by atoms with E-state index in [1.807, 2.05) is 0 Å². The van der Waals surface area contributed by atoms with Gasteiger partial charge < -0.3 is 4.57 Å². The molecule has 0 aliphatic heterocycles. The van der Waals surface area contributed by atoms with Gasteiger partial charge in [0.1, 0.15) is 11.2 Å². The van der Waals surface area contributed by atoms with Crippen molar-refractivity contribution in [2.75, 3.05) is 0 Å². The molecular weight excluding hydrogens is 322 g/mol. The lowest BCUT2D eigenvalue weighted by molar-refractivity contribution is 0.555. The molecule has 3 heterocycles. The van der Waals surface area contributed by atoms with Crippen LogP contribution in [0.1, 0.15) is 18.5 Å². The Kier molecular flexibility index (Phi) is 3.32. The summed E-state index contributed by atoms with van der Waals surface area (Å²) in [7, 11) is 0. The molecule has 4 rings (SSSR count). The first-order valence-electron chi connectivity index (χ1n) is 7.68. The number of pyridine rings is 1. The summed E-state index contributed by atoms with van der Waals surface area (Å²) in [6, 6.07) is 5.64. The molecule has 0 aromatic carbocycles. The Labute approximate surface area is 141 Å². The van der Waals surface area contributed by atoms with Gasteiger partial charge in [0.25, 0.3) is 0 Å². The second-order valence-electron chi connectivity index (χ2n) is 5.88. The molecule has 1 fully saturated rings. The van der Waals surface area contributed by atoms with Gasteiger partial charge in [-0.25, -0.2) is 0 Å². The van der Waals surface area contributed by atoms with Crippen molar-refractivity contribution in [3.63, 3.8) is 0 Å². The van der Waals surface area contributed by atoms with Gasteiger partial charge in [0, 0.05) is 12.4 Å². The van der Waals surface area contributed by atoms with Gasteiger partial charge in [-0.05, 0) is 25.0 Å². The Morgan fingerprint density at radius 3 is 2.48 bits per heavy atom. The molecule has 3 aromatic rings. The van der Waals surface area contributed by atoms with Crippen LogP contribution in [0.2, 0.25) is 0 Å². The fourth-order valence-electron chi connectivity index (χ4n) is 2.65. The summed E-state index contributed by atoms with van der Waals surface area (Å²) in [4.78, 5) is 30.3. The summed E-state index contributed by atoms with van der Waals surface area (Å²) in [6.07, 6.45) is 8.94. The Balaban J connectivity index is 1.61. The van der Waals surface area contributed by atoms with E-state index in [1.54, 1.807) is 30.7 Å². The van der Waals surface area contributed by atoms with E-state index >= 15 is 0 Å². The van der Waals surface area contributed by atoms with Crippen LogP contribution in [0.15, 0.2) is 52.7 Å². The summed E-state index contributed by atoms with van der Waals surface area (Å²) in [5.41, 5.74) is -0.869. The monoisotopic (exact) mass is 335 g/mol. The molecule has 1 aliphatic carbocycles. The zero-order chi connectivity index (χ0) is 17.4. The zero-order valence-electron chi connectivity index (χ0n) is 13.1. The normalized spacial score (nSPS) is 14.8. The average molecular weight is 335 g/mol. The van der Waals surface area contributed by atoms with Crippen LogP contribution < -0.4 is 11.1 Å². The van der Waals surface area contributed by atoms with E-state index in [2.05, 4.69) is 21.3 Å². The van der Waals surface area contributed by atoms with Gasteiger partial charge in [-0.3, -0.25) is 19.1 Å². The minimum atomic E-state index is -0.841. The van der Waals surface area contributed by atoms with E-state index < -0.39 is 16.7 Å². The van der Waals surface area contributed by atoms with Crippen LogP contribution in [0.3, 0.4) is 0 Å². The highest BCUT2D eigenvalue weighted by molar-refractivity contribution is 5.26. The minimum Gasteiger partial charge on any atom is -0.303 e. The largest absolute Gasteiger partial charge is 0.317 e. The van der Waals surface area contributed by atoms with E-state index in [0.717, 1.165) is 0 Å². The highest BCUT2D eigenvalue weighted by atomic mass is 16.2. The first-order valence-corrected chi connectivity index (χ1v) is 7.68. The molecule has 9 heteroatoms. The predicted octanol–water partition coefficient (Wildman–Crippen LogP) is 0.0467. The SMILES string of the molecule is N#CC1(n2ccn(Cc3ccc(-n4nccn4)cn3)c(=O)c2=O)CC1. The number of hydrogen-bond acceptors (Lipinski definition) is 6. The van der Waals surface area contributed by atoms with Gasteiger partial charge >= 0.3 is 11.1 Å². The molecule has 124 valence electrons. The van der Waals surface area contributed by atoms with Crippen molar-refractivity contribution in [3.8, 4) is 11.8 Å². The molecule has 0 amide bonds. The molecule has 25 heavy (non-hydrogen) atoms. The fourth-order valence-corrected chi connectivity index (χ4v) is 2.65. The lowest BCUT2D eigenvalue weighted by Gasteiger charge is -2.12. The number of hydrogen-bond donors (Lipinski definition) is 0. The Morgan fingerprint density at radius 1 is 1.12 bits per heavy atom. The van der Waals surface area contributed by atoms with Crippen LogP contribution in [0, 0.1) is 11.3 Å². The molecule has 0 unspecified atom stereocenters.